The van der Waals surface area contributed by atoms with Gasteiger partial charge in [0.05, 0.1) is 17.6 Å². The fourth-order valence-corrected chi connectivity index (χ4v) is 5.68. The molecule has 0 amide bonds. The Labute approximate surface area is 150 Å². The molecule has 4 saturated carbocycles. The number of carbonyl (C=O) groups excluding carboxylic acids is 2. The highest BCUT2D eigenvalue weighted by Crippen LogP contribution is 2.61. The second-order valence-corrected chi connectivity index (χ2v) is 9.19. The van der Waals surface area contributed by atoms with Gasteiger partial charge in [-0.15, -0.1) is 0 Å². The van der Waals surface area contributed by atoms with Crippen molar-refractivity contribution in [1.29, 1.82) is 0 Å². The van der Waals surface area contributed by atoms with E-state index in [2.05, 4.69) is 0 Å². The van der Waals surface area contributed by atoms with Crippen molar-refractivity contribution >= 4 is 11.9 Å². The van der Waals surface area contributed by atoms with Crippen LogP contribution in [-0.4, -0.2) is 35.9 Å². The van der Waals surface area contributed by atoms with Gasteiger partial charge in [0, 0.05) is 5.41 Å². The van der Waals surface area contributed by atoms with E-state index in [1.54, 1.807) is 0 Å². The van der Waals surface area contributed by atoms with Gasteiger partial charge in [-0.1, -0.05) is 13.8 Å². The van der Waals surface area contributed by atoms with Crippen molar-refractivity contribution in [3.05, 3.63) is 0 Å². The van der Waals surface area contributed by atoms with Crippen LogP contribution in [0.25, 0.3) is 0 Å². The van der Waals surface area contributed by atoms with E-state index in [1.165, 1.54) is 6.42 Å². The molecule has 0 spiro atoms. The average molecular weight is 352 g/mol. The molecule has 0 aromatic heterocycles. The topological polar surface area (TPSA) is 72.8 Å². The molecular formula is C20H32O5. The molecule has 142 valence electrons. The summed E-state index contributed by atoms with van der Waals surface area (Å²) >= 11 is 0. The number of carbonyl (C=O) groups is 2. The minimum absolute atomic E-state index is 0.0696. The molecule has 4 aliphatic rings. The van der Waals surface area contributed by atoms with Gasteiger partial charge in [0.15, 0.2) is 6.61 Å². The van der Waals surface area contributed by atoms with Crippen LogP contribution >= 0.6 is 0 Å². The second kappa shape index (κ2) is 6.57. The maximum Gasteiger partial charge on any atom is 0.344 e. The van der Waals surface area contributed by atoms with Crippen LogP contribution in [0.5, 0.6) is 0 Å². The van der Waals surface area contributed by atoms with E-state index in [0.29, 0.717) is 31.3 Å². The predicted molar refractivity (Wildman–Crippen MR) is 92.7 cm³/mol. The number of hydrogen-bond acceptors (Lipinski definition) is 5. The van der Waals surface area contributed by atoms with Gasteiger partial charge >= 0.3 is 11.9 Å². The Hall–Kier alpha value is -1.10. The number of hydrogen-bond donors (Lipinski definition) is 1. The van der Waals surface area contributed by atoms with Crippen molar-refractivity contribution in [2.45, 2.75) is 77.7 Å². The Morgan fingerprint density at radius 3 is 2.20 bits per heavy atom. The highest BCUT2D eigenvalue weighted by molar-refractivity contribution is 5.80. The van der Waals surface area contributed by atoms with Gasteiger partial charge in [0.1, 0.15) is 0 Å². The third kappa shape index (κ3) is 3.71. The number of rotatable bonds is 7. The Bertz CT molecular complexity index is 522. The summed E-state index contributed by atoms with van der Waals surface area (Å²) in [5, 5.41) is 10.7. The summed E-state index contributed by atoms with van der Waals surface area (Å²) in [4.78, 5) is 24.2. The second-order valence-electron chi connectivity index (χ2n) is 9.19. The summed E-state index contributed by atoms with van der Waals surface area (Å²) < 4.78 is 10.7. The Morgan fingerprint density at radius 2 is 1.68 bits per heavy atom. The molecule has 0 heterocycles. The third-order valence-electron chi connectivity index (χ3n) is 7.07. The maximum atomic E-state index is 12.1. The molecule has 4 rings (SSSR count). The minimum atomic E-state index is -0.549. The zero-order valence-electron chi connectivity index (χ0n) is 15.8. The molecular weight excluding hydrogens is 320 g/mol. The van der Waals surface area contributed by atoms with Crippen LogP contribution in [0.3, 0.4) is 0 Å². The normalized spacial score (nSPS) is 36.3. The van der Waals surface area contributed by atoms with E-state index >= 15 is 0 Å². The van der Waals surface area contributed by atoms with Crippen molar-refractivity contribution in [2.24, 2.45) is 22.7 Å². The summed E-state index contributed by atoms with van der Waals surface area (Å²) in [7, 11) is 0. The van der Waals surface area contributed by atoms with Crippen molar-refractivity contribution < 1.29 is 24.2 Å². The van der Waals surface area contributed by atoms with Crippen LogP contribution < -0.4 is 0 Å². The zero-order valence-corrected chi connectivity index (χ0v) is 15.8. The van der Waals surface area contributed by atoms with Crippen LogP contribution in [0.4, 0.5) is 0 Å². The lowest BCUT2D eigenvalue weighted by molar-refractivity contribution is -0.189. The fourth-order valence-electron chi connectivity index (χ4n) is 5.68. The minimum Gasteiger partial charge on any atom is -0.463 e. The Balaban J connectivity index is 1.49. The molecule has 0 aromatic carbocycles. The molecule has 0 saturated heterocycles. The van der Waals surface area contributed by atoms with Gasteiger partial charge in [-0.05, 0) is 70.1 Å². The molecule has 4 aliphatic carbocycles. The SMILES string of the molecule is CCC(C)(CC)C(=O)OCC(=O)OCC12CC3CC(CC(O)(C3)C1)C2. The lowest BCUT2D eigenvalue weighted by Gasteiger charge is -2.59. The molecule has 4 bridgehead atoms. The number of ether oxygens (including phenoxy) is 2. The van der Waals surface area contributed by atoms with Crippen LogP contribution in [-0.2, 0) is 19.1 Å². The van der Waals surface area contributed by atoms with Crippen molar-refractivity contribution in [1.82, 2.24) is 0 Å². The van der Waals surface area contributed by atoms with Gasteiger partial charge in [-0.2, -0.15) is 0 Å². The first-order chi connectivity index (χ1) is 11.7. The van der Waals surface area contributed by atoms with Gasteiger partial charge in [0.2, 0.25) is 0 Å². The standard InChI is InChI=1S/C20H32O5/c1-4-18(3,5-2)17(22)24-11-16(21)25-13-19-7-14-6-15(8-19)10-20(23,9-14)12-19/h14-15,23H,4-13H2,1-3H3. The number of esters is 2. The summed E-state index contributed by atoms with van der Waals surface area (Å²) in [5.74, 6) is 0.319. The molecule has 5 heteroatoms. The summed E-state index contributed by atoms with van der Waals surface area (Å²) in [6, 6.07) is 0. The van der Waals surface area contributed by atoms with E-state index < -0.39 is 17.0 Å². The van der Waals surface area contributed by atoms with Gasteiger partial charge in [-0.25, -0.2) is 4.79 Å². The Morgan fingerprint density at radius 1 is 1.08 bits per heavy atom. The lowest BCUT2D eigenvalue weighted by atomic mass is 9.48. The first-order valence-electron chi connectivity index (χ1n) is 9.77. The van der Waals surface area contributed by atoms with Crippen LogP contribution in [0.15, 0.2) is 0 Å². The molecule has 0 aliphatic heterocycles. The summed E-state index contributed by atoms with van der Waals surface area (Å²) in [6.07, 6.45) is 7.22. The number of aliphatic hydroxyl groups is 1. The molecule has 2 unspecified atom stereocenters. The third-order valence-corrected chi connectivity index (χ3v) is 7.07. The van der Waals surface area contributed by atoms with Crippen LogP contribution in [0.1, 0.15) is 72.1 Å². The molecule has 2 atom stereocenters. The highest BCUT2D eigenvalue weighted by Gasteiger charge is 2.57. The quantitative estimate of drug-likeness (QED) is 0.712. The lowest BCUT2D eigenvalue weighted by Crippen LogP contribution is -2.57. The van der Waals surface area contributed by atoms with Gasteiger partial charge in [0.25, 0.3) is 0 Å². The van der Waals surface area contributed by atoms with Crippen molar-refractivity contribution in [2.75, 3.05) is 13.2 Å². The van der Waals surface area contributed by atoms with E-state index in [0.717, 1.165) is 32.1 Å². The summed E-state index contributed by atoms with van der Waals surface area (Å²) in [5.41, 5.74) is -1.16. The van der Waals surface area contributed by atoms with Crippen molar-refractivity contribution in [3.8, 4) is 0 Å². The first-order valence-corrected chi connectivity index (χ1v) is 9.77. The molecule has 1 N–H and O–H groups in total. The fraction of sp³-hybridized carbons (Fsp3) is 0.900. The smallest absolute Gasteiger partial charge is 0.344 e. The van der Waals surface area contributed by atoms with E-state index in [9.17, 15) is 14.7 Å². The molecule has 5 nitrogen and oxygen atoms in total. The van der Waals surface area contributed by atoms with E-state index in [1.807, 2.05) is 20.8 Å². The summed E-state index contributed by atoms with van der Waals surface area (Å²) in [6.45, 7) is 5.78. The Kier molecular flexibility index (Phi) is 4.91. The largest absolute Gasteiger partial charge is 0.463 e. The van der Waals surface area contributed by atoms with Crippen LogP contribution in [0.2, 0.25) is 0 Å². The molecule has 0 aromatic rings. The first kappa shape index (κ1) is 18.7. The average Bonchev–Trinajstić information content (AvgIpc) is 2.55. The van der Waals surface area contributed by atoms with Crippen molar-refractivity contribution in [3.63, 3.8) is 0 Å². The molecule has 4 fully saturated rings. The zero-order chi connectivity index (χ0) is 18.3. The van der Waals surface area contributed by atoms with Crippen LogP contribution in [0, 0.1) is 22.7 Å². The predicted octanol–water partition coefficient (Wildman–Crippen LogP) is 3.23. The van der Waals surface area contributed by atoms with E-state index in [-0.39, 0.29) is 18.0 Å². The van der Waals surface area contributed by atoms with Gasteiger partial charge in [-0.3, -0.25) is 4.79 Å². The molecule has 0 radical (unpaired) electrons. The monoisotopic (exact) mass is 352 g/mol. The van der Waals surface area contributed by atoms with Gasteiger partial charge < -0.3 is 14.6 Å². The highest BCUT2D eigenvalue weighted by atomic mass is 16.6. The maximum absolute atomic E-state index is 12.1. The molecule has 25 heavy (non-hydrogen) atoms. The van der Waals surface area contributed by atoms with E-state index in [4.69, 9.17) is 9.47 Å².